The predicted molar refractivity (Wildman–Crippen MR) is 48.9 cm³/mol. The van der Waals surface area contributed by atoms with Crippen LogP contribution in [0, 0.1) is 10.2 Å². The van der Waals surface area contributed by atoms with E-state index in [2.05, 4.69) is 25.0 Å². The Morgan fingerprint density at radius 2 is 1.12 bits per heavy atom. The zero-order chi connectivity index (χ0) is 12.3. The molecule has 0 aliphatic carbocycles. The third kappa shape index (κ3) is 62.8. The summed E-state index contributed by atoms with van der Waals surface area (Å²) in [7, 11) is -4.56. The zero-order valence-electron chi connectivity index (χ0n) is 9.09. The van der Waals surface area contributed by atoms with Crippen molar-refractivity contribution in [2.24, 2.45) is 0 Å². The van der Waals surface area contributed by atoms with Gasteiger partial charge in [-0.15, -0.1) is 18.2 Å². The second-order valence-electron chi connectivity index (χ2n) is 2.74. The molecule has 0 spiro atoms. The number of halogens is 1. The molecule has 0 radical (unpaired) electrons. The number of nitrogens with zero attached hydrogens (tertiary/aromatic N) is 1. The molecule has 0 saturated carbocycles. The van der Waals surface area contributed by atoms with Gasteiger partial charge in [0.2, 0.25) is 0 Å². The van der Waals surface area contributed by atoms with Crippen LogP contribution in [0.4, 0.5) is 0 Å². The van der Waals surface area contributed by atoms with Crippen LogP contribution in [0.25, 0.3) is 0 Å². The summed E-state index contributed by atoms with van der Waals surface area (Å²) in [6.45, 7) is 6.69. The first-order chi connectivity index (χ1) is 6.73. The van der Waals surface area contributed by atoms with Crippen molar-refractivity contribution in [1.29, 1.82) is 0 Å². The molecular formula is C8H14AuClNO4P. The first-order valence-corrected chi connectivity index (χ1v) is 7.73. The van der Waals surface area contributed by atoms with Crippen LogP contribution in [0.1, 0.15) is 0 Å². The topological polar surface area (TPSA) is 105 Å². The summed E-state index contributed by atoms with van der Waals surface area (Å²) in [4.78, 5) is 3.78. The van der Waals surface area contributed by atoms with E-state index in [-0.39, 0.29) is 22.4 Å². The normalized spacial score (nSPS) is 9.00. The summed E-state index contributed by atoms with van der Waals surface area (Å²) in [5.41, 5.74) is 0. The van der Waals surface area contributed by atoms with Crippen molar-refractivity contribution in [2.75, 3.05) is 20.0 Å². The van der Waals surface area contributed by atoms with Crippen LogP contribution >= 0.6 is 7.92 Å². The maximum absolute atomic E-state index is 8.49. The van der Waals surface area contributed by atoms with E-state index >= 15 is 0 Å². The fourth-order valence-corrected chi connectivity index (χ4v) is 0.313. The maximum atomic E-state index is 8.49. The van der Waals surface area contributed by atoms with Crippen molar-refractivity contribution >= 4 is 7.92 Å². The van der Waals surface area contributed by atoms with Gasteiger partial charge in [-0.05, 0) is 32.1 Å². The molecule has 0 aromatic carbocycles. The Hall–Kier alpha value is 0.450. The molecule has 1 heterocycles. The molecular weight excluding hydrogens is 437 g/mol. The van der Waals surface area contributed by atoms with E-state index in [0.717, 1.165) is 0 Å². The van der Waals surface area contributed by atoms with Gasteiger partial charge in [0.05, 0.1) is 0 Å². The van der Waals surface area contributed by atoms with Crippen LogP contribution in [0.5, 0.6) is 0 Å². The summed E-state index contributed by atoms with van der Waals surface area (Å²) in [6, 6.07) is 5.72. The molecule has 0 amide bonds. The molecule has 8 heteroatoms. The predicted octanol–water partition coefficient (Wildman–Crippen LogP) is -2.32. The Morgan fingerprint density at radius 1 is 0.875 bits per heavy atom. The Labute approximate surface area is 115 Å². The molecule has 1 aromatic rings. The molecule has 16 heavy (non-hydrogen) atoms. The average molecular weight is 452 g/mol. The van der Waals surface area contributed by atoms with Gasteiger partial charge in [-0.2, -0.15) is 0 Å². The van der Waals surface area contributed by atoms with Crippen molar-refractivity contribution in [3.05, 3.63) is 30.6 Å². The maximum Gasteiger partial charge on any atom is 1.00 e. The summed E-state index contributed by atoms with van der Waals surface area (Å²) in [5, 5.41) is 0. The van der Waals surface area contributed by atoms with Gasteiger partial charge in [0.1, 0.15) is 0 Å². The number of hydrogen-bond acceptors (Lipinski definition) is 5. The van der Waals surface area contributed by atoms with Gasteiger partial charge in [-0.1, -0.05) is 6.07 Å². The van der Waals surface area contributed by atoms with Gasteiger partial charge in [0.25, 0.3) is 0 Å². The third-order valence-corrected chi connectivity index (χ3v) is 0.566. The molecule has 1 rings (SSSR count). The first-order valence-electron chi connectivity index (χ1n) is 3.81. The van der Waals surface area contributed by atoms with Crippen molar-refractivity contribution in [1.82, 2.24) is 4.98 Å². The smallest absolute Gasteiger partial charge is 0.265 e. The van der Waals surface area contributed by atoms with Crippen molar-refractivity contribution in [2.45, 2.75) is 0 Å². The number of pyridine rings is 1. The van der Waals surface area contributed by atoms with Crippen LogP contribution in [0.2, 0.25) is 0 Å². The van der Waals surface area contributed by atoms with Crippen LogP contribution in [0.3, 0.4) is 0 Å². The largest absolute Gasteiger partial charge is 1.00 e. The van der Waals surface area contributed by atoms with Gasteiger partial charge in [0.15, 0.2) is 0 Å². The van der Waals surface area contributed by atoms with Gasteiger partial charge in [-0.25, -0.2) is 18.6 Å². The summed E-state index contributed by atoms with van der Waals surface area (Å²) in [5.74, 6) is 0. The van der Waals surface area contributed by atoms with Gasteiger partial charge in [-0.3, -0.25) is 4.98 Å². The quantitative estimate of drug-likeness (QED) is 0.325. The Balaban J connectivity index is -0.000000158. The number of hydrogen-bond donors (Lipinski definition) is 0. The molecule has 0 fully saturated rings. The van der Waals surface area contributed by atoms with E-state index in [1.54, 1.807) is 12.4 Å². The molecule has 98 valence electrons. The van der Waals surface area contributed by atoms with Crippen LogP contribution in [-0.2, 0) is 22.4 Å². The summed E-state index contributed by atoms with van der Waals surface area (Å²) < 4.78 is 34.0. The fourth-order valence-electron chi connectivity index (χ4n) is 0.313. The summed E-state index contributed by atoms with van der Waals surface area (Å²) in [6.07, 6.45) is 3.50. The second-order valence-corrected chi connectivity index (χ2v) is 6.18. The van der Waals surface area contributed by atoms with Crippen LogP contribution in [-0.4, -0.2) is 25.0 Å². The van der Waals surface area contributed by atoms with Crippen LogP contribution in [0.15, 0.2) is 30.6 Å². The van der Waals surface area contributed by atoms with Crippen molar-refractivity contribution in [3.8, 4) is 0 Å². The molecule has 0 aliphatic heterocycles. The molecule has 0 N–H and O–H groups in total. The van der Waals surface area contributed by atoms with E-state index in [1.807, 2.05) is 18.2 Å². The molecule has 5 nitrogen and oxygen atoms in total. The van der Waals surface area contributed by atoms with Gasteiger partial charge < -0.3 is 0 Å². The molecule has 1 aromatic heterocycles. The number of aromatic nitrogens is 1. The van der Waals surface area contributed by atoms with Crippen molar-refractivity contribution in [3.63, 3.8) is 0 Å². The van der Waals surface area contributed by atoms with E-state index in [1.165, 1.54) is 0 Å². The fraction of sp³-hybridized carbons (Fsp3) is 0.375. The molecule has 0 unspecified atom stereocenters. The average Bonchev–Trinajstić information content (AvgIpc) is 2.03. The second kappa shape index (κ2) is 13.5. The van der Waals surface area contributed by atoms with E-state index < -0.39 is 10.2 Å². The molecule has 0 aliphatic rings. The van der Waals surface area contributed by atoms with E-state index in [4.69, 9.17) is 18.6 Å². The van der Waals surface area contributed by atoms with Gasteiger partial charge >= 0.3 is 22.4 Å². The standard InChI is InChI=1S/C5H5N.C3H9P.Au.ClHO4/c1-2-4-6-5-3-1;1-4(2)3;;2-1(3,4)5/h1-5H;1-3H3;;(H,2,3,4,5)/q;;+1;/p-1. The van der Waals surface area contributed by atoms with E-state index in [0.29, 0.717) is 7.92 Å². The Morgan fingerprint density at radius 3 is 1.19 bits per heavy atom. The van der Waals surface area contributed by atoms with Crippen molar-refractivity contribution < 1.29 is 51.3 Å². The Kier molecular flexibility index (Phi) is 18.3. The molecule has 0 atom stereocenters. The molecule has 0 bridgehead atoms. The first kappa shape index (κ1) is 21.7. The zero-order valence-corrected chi connectivity index (χ0v) is 12.9. The third-order valence-electron chi connectivity index (χ3n) is 0.566. The van der Waals surface area contributed by atoms with Gasteiger partial charge in [0, 0.05) is 12.4 Å². The molecule has 0 saturated heterocycles. The Bertz CT molecular complexity index is 188. The SMILES string of the molecule is CP(C)C.[Au+].[O-][Cl+3]([O-])([O-])[O-].c1ccncc1. The minimum absolute atomic E-state index is 0. The minimum Gasteiger partial charge on any atom is -0.265 e. The number of rotatable bonds is 0. The van der Waals surface area contributed by atoms with E-state index in [9.17, 15) is 0 Å². The van der Waals surface area contributed by atoms with Crippen LogP contribution < -0.4 is 18.6 Å². The minimum atomic E-state index is -4.94. The summed E-state index contributed by atoms with van der Waals surface area (Å²) >= 11 is 0. The monoisotopic (exact) mass is 451 g/mol.